The van der Waals surface area contributed by atoms with Gasteiger partial charge in [0.05, 0.1) is 22.9 Å². The minimum atomic E-state index is -3.19. The summed E-state index contributed by atoms with van der Waals surface area (Å²) < 4.78 is 42.3. The average molecular weight is 428 g/mol. The molecule has 2 heterocycles. The minimum Gasteiger partial charge on any atom is -0.313 e. The molecule has 0 N–H and O–H groups in total. The molecule has 2 fully saturated rings. The van der Waals surface area contributed by atoms with Crippen LogP contribution in [0.4, 0.5) is 4.39 Å². The fourth-order valence-electron chi connectivity index (χ4n) is 3.64. The highest BCUT2D eigenvalue weighted by Crippen LogP contribution is 2.32. The summed E-state index contributed by atoms with van der Waals surface area (Å²) in [7, 11) is -3.19. The summed E-state index contributed by atoms with van der Waals surface area (Å²) in [5.74, 6) is -0.0318. The van der Waals surface area contributed by atoms with Gasteiger partial charge in [0.15, 0.2) is 9.84 Å². The predicted octanol–water partition coefficient (Wildman–Crippen LogP) is 3.33. The van der Waals surface area contributed by atoms with E-state index in [1.165, 1.54) is 12.1 Å². The van der Waals surface area contributed by atoms with Crippen LogP contribution in [0.25, 0.3) is 16.8 Å². The van der Waals surface area contributed by atoms with Crippen LogP contribution < -0.4 is 5.56 Å². The zero-order chi connectivity index (χ0) is 20.9. The molecule has 2 aromatic heterocycles. The smallest absolute Gasteiger partial charge is 0.250 e. The summed E-state index contributed by atoms with van der Waals surface area (Å²) >= 11 is 0. The van der Waals surface area contributed by atoms with Gasteiger partial charge < -0.3 is 4.57 Å². The lowest BCUT2D eigenvalue weighted by atomic mass is 10.1. The fourth-order valence-corrected chi connectivity index (χ4v) is 5.37. The van der Waals surface area contributed by atoms with Gasteiger partial charge in [-0.05, 0) is 49.3 Å². The molecular formula is C22H22FN3O3S. The highest BCUT2D eigenvalue weighted by Gasteiger charge is 2.35. The largest absolute Gasteiger partial charge is 0.313 e. The van der Waals surface area contributed by atoms with Gasteiger partial charge >= 0.3 is 0 Å². The normalized spacial score (nSPS) is 16.7. The van der Waals surface area contributed by atoms with E-state index in [2.05, 4.69) is 5.10 Å². The number of halogens is 1. The number of rotatable bonds is 7. The summed E-state index contributed by atoms with van der Waals surface area (Å²) in [4.78, 5) is 12.1. The average Bonchev–Trinajstić information content (AvgIpc) is 3.62. The molecule has 0 unspecified atom stereocenters. The Morgan fingerprint density at radius 2 is 1.87 bits per heavy atom. The molecule has 0 radical (unpaired) electrons. The van der Waals surface area contributed by atoms with Gasteiger partial charge in [-0.1, -0.05) is 12.1 Å². The Hall–Kier alpha value is -2.74. The second kappa shape index (κ2) is 7.19. The van der Waals surface area contributed by atoms with Crippen LogP contribution in [0.1, 0.15) is 31.2 Å². The van der Waals surface area contributed by atoms with Gasteiger partial charge in [-0.25, -0.2) is 17.5 Å². The molecule has 2 aliphatic rings. The van der Waals surface area contributed by atoms with Crippen molar-refractivity contribution in [3.05, 3.63) is 70.7 Å². The Balaban J connectivity index is 1.39. The maximum absolute atomic E-state index is 14.7. The van der Waals surface area contributed by atoms with Gasteiger partial charge in [-0.3, -0.25) is 4.79 Å². The number of benzene rings is 1. The van der Waals surface area contributed by atoms with Crippen LogP contribution in [-0.4, -0.2) is 28.0 Å². The lowest BCUT2D eigenvalue weighted by Gasteiger charge is -2.08. The van der Waals surface area contributed by atoms with Gasteiger partial charge in [-0.2, -0.15) is 5.10 Å². The predicted molar refractivity (Wildman–Crippen MR) is 112 cm³/mol. The van der Waals surface area contributed by atoms with Crippen LogP contribution in [-0.2, 0) is 22.1 Å². The van der Waals surface area contributed by atoms with Crippen molar-refractivity contribution in [2.24, 2.45) is 5.92 Å². The summed E-state index contributed by atoms with van der Waals surface area (Å²) in [6, 6.07) is 7.77. The number of nitrogens with zero attached hydrogens (tertiary/aromatic N) is 3. The van der Waals surface area contributed by atoms with E-state index in [0.29, 0.717) is 42.0 Å². The van der Waals surface area contributed by atoms with Crippen LogP contribution >= 0.6 is 0 Å². The maximum atomic E-state index is 14.7. The Bertz CT molecular complexity index is 1270. The van der Waals surface area contributed by atoms with E-state index in [9.17, 15) is 17.6 Å². The van der Waals surface area contributed by atoms with Gasteiger partial charge in [0.2, 0.25) is 0 Å². The summed E-state index contributed by atoms with van der Waals surface area (Å²) in [5, 5.41) is 4.06. The Morgan fingerprint density at radius 3 is 2.57 bits per heavy atom. The maximum Gasteiger partial charge on any atom is 0.250 e. The quantitative estimate of drug-likeness (QED) is 0.580. The third kappa shape index (κ3) is 3.96. The minimum absolute atomic E-state index is 0.0409. The van der Waals surface area contributed by atoms with Gasteiger partial charge in [0, 0.05) is 36.1 Å². The molecule has 0 aliphatic heterocycles. The van der Waals surface area contributed by atoms with E-state index in [1.807, 2.05) is 0 Å². The zero-order valence-electron chi connectivity index (χ0n) is 16.4. The molecule has 2 aliphatic carbocycles. The Morgan fingerprint density at radius 1 is 1.07 bits per heavy atom. The van der Waals surface area contributed by atoms with Crippen molar-refractivity contribution >= 4 is 9.84 Å². The Kier molecular flexibility index (Phi) is 4.61. The van der Waals surface area contributed by atoms with E-state index in [-0.39, 0.29) is 16.6 Å². The van der Waals surface area contributed by atoms with Crippen LogP contribution in [0.15, 0.2) is 53.7 Å². The molecule has 5 rings (SSSR count). The van der Waals surface area contributed by atoms with Crippen molar-refractivity contribution < 1.29 is 12.8 Å². The standard InChI is InChI=1S/C22H22FN3O3S/c23-21-9-16(14-30(28,29)19-5-6-19)3-7-20(21)17-10-24-26(12-17)18-4-8-22(27)25(13-18)11-15-1-2-15/h3-4,7-10,12-13,15,19H,1-2,5-6,11,14H2. The molecule has 2 saturated carbocycles. The molecular weight excluding hydrogens is 405 g/mol. The number of hydrogen-bond donors (Lipinski definition) is 0. The van der Waals surface area contributed by atoms with E-state index in [4.69, 9.17) is 0 Å². The van der Waals surface area contributed by atoms with E-state index < -0.39 is 15.7 Å². The number of pyridine rings is 1. The van der Waals surface area contributed by atoms with E-state index in [0.717, 1.165) is 18.5 Å². The second-order valence-corrected chi connectivity index (χ2v) is 10.6. The molecule has 8 heteroatoms. The molecule has 3 aromatic rings. The topological polar surface area (TPSA) is 74.0 Å². The van der Waals surface area contributed by atoms with Crippen molar-refractivity contribution in [3.63, 3.8) is 0 Å². The molecule has 0 bridgehead atoms. The number of sulfone groups is 1. The summed E-state index contributed by atoms with van der Waals surface area (Å²) in [6.45, 7) is 0.709. The molecule has 0 spiro atoms. The molecule has 30 heavy (non-hydrogen) atoms. The molecule has 156 valence electrons. The highest BCUT2D eigenvalue weighted by atomic mass is 32.2. The molecule has 0 saturated heterocycles. The monoisotopic (exact) mass is 427 g/mol. The van der Waals surface area contributed by atoms with Crippen molar-refractivity contribution in [2.75, 3.05) is 0 Å². The molecule has 1 aromatic carbocycles. The van der Waals surface area contributed by atoms with Crippen molar-refractivity contribution in [2.45, 2.75) is 43.2 Å². The van der Waals surface area contributed by atoms with E-state index in [1.54, 1.807) is 46.0 Å². The third-order valence-corrected chi connectivity index (χ3v) is 7.93. The first-order valence-corrected chi connectivity index (χ1v) is 11.9. The highest BCUT2D eigenvalue weighted by molar-refractivity contribution is 7.91. The van der Waals surface area contributed by atoms with Gasteiger partial charge in [0.25, 0.3) is 5.56 Å². The van der Waals surface area contributed by atoms with Crippen LogP contribution in [0.2, 0.25) is 0 Å². The van der Waals surface area contributed by atoms with Crippen LogP contribution in [0, 0.1) is 11.7 Å². The first-order chi connectivity index (χ1) is 14.4. The zero-order valence-corrected chi connectivity index (χ0v) is 17.2. The third-order valence-electron chi connectivity index (χ3n) is 5.71. The Labute approximate surface area is 173 Å². The summed E-state index contributed by atoms with van der Waals surface area (Å²) in [6.07, 6.45) is 8.76. The lowest BCUT2D eigenvalue weighted by Crippen LogP contribution is -2.20. The SMILES string of the molecule is O=c1ccc(-n2cc(-c3ccc(CS(=O)(=O)C4CC4)cc3F)cn2)cn1CC1CC1. The van der Waals surface area contributed by atoms with Gasteiger partial charge in [-0.15, -0.1) is 0 Å². The fraction of sp³-hybridized carbons (Fsp3) is 0.364. The lowest BCUT2D eigenvalue weighted by molar-refractivity contribution is 0.593. The number of hydrogen-bond acceptors (Lipinski definition) is 4. The van der Waals surface area contributed by atoms with Crippen molar-refractivity contribution in [1.29, 1.82) is 0 Å². The van der Waals surface area contributed by atoms with E-state index >= 15 is 0 Å². The first kappa shape index (κ1) is 19.2. The van der Waals surface area contributed by atoms with Crippen molar-refractivity contribution in [3.8, 4) is 16.8 Å². The van der Waals surface area contributed by atoms with Crippen molar-refractivity contribution in [1.82, 2.24) is 14.3 Å². The first-order valence-electron chi connectivity index (χ1n) is 10.1. The molecule has 0 amide bonds. The van der Waals surface area contributed by atoms with Gasteiger partial charge in [0.1, 0.15) is 5.82 Å². The number of aromatic nitrogens is 3. The van der Waals surface area contributed by atoms with Crippen LogP contribution in [0.3, 0.4) is 0 Å². The molecule has 0 atom stereocenters. The second-order valence-electron chi connectivity index (χ2n) is 8.32. The van der Waals surface area contributed by atoms with Crippen LogP contribution in [0.5, 0.6) is 0 Å². The summed E-state index contributed by atoms with van der Waals surface area (Å²) in [5.41, 5.74) is 2.10. The molecule has 6 nitrogen and oxygen atoms in total.